The van der Waals surface area contributed by atoms with Gasteiger partial charge in [-0.25, -0.2) is 4.98 Å². The van der Waals surface area contributed by atoms with Gasteiger partial charge >= 0.3 is 0 Å². The Labute approximate surface area is 152 Å². The monoisotopic (exact) mass is 349 g/mol. The maximum atomic E-state index is 4.82. The van der Waals surface area contributed by atoms with Crippen LogP contribution in [0.5, 0.6) is 0 Å². The lowest BCUT2D eigenvalue weighted by Gasteiger charge is -2.31. The molecule has 3 aromatic rings. The average Bonchev–Trinajstić information content (AvgIpc) is 3.38. The van der Waals surface area contributed by atoms with Crippen molar-refractivity contribution < 1.29 is 0 Å². The highest BCUT2D eigenvalue weighted by Crippen LogP contribution is 2.29. The lowest BCUT2D eigenvalue weighted by atomic mass is 9.96. The van der Waals surface area contributed by atoms with Gasteiger partial charge in [0, 0.05) is 44.5 Å². The normalized spacial score (nSPS) is 18.8. The number of hydrogen-bond acceptors (Lipinski definition) is 6. The first-order valence-electron chi connectivity index (χ1n) is 9.51. The smallest absolute Gasteiger partial charge is 0.227 e. The molecule has 2 saturated heterocycles. The topological polar surface area (TPSA) is 62.5 Å². The Bertz CT molecular complexity index is 892. The average molecular weight is 349 g/mol. The molecule has 2 aliphatic rings. The highest BCUT2D eigenvalue weighted by atomic mass is 15.3. The maximum absolute atomic E-state index is 4.82. The minimum atomic E-state index is 0.436. The molecular weight excluding hydrogens is 326 g/mol. The summed E-state index contributed by atoms with van der Waals surface area (Å²) in [6.07, 6.45) is 8.57. The number of fused-ring (bicyclic) bond motifs is 1. The van der Waals surface area contributed by atoms with Crippen LogP contribution in [0.3, 0.4) is 0 Å². The molecule has 0 N–H and O–H groups in total. The molecule has 7 heteroatoms. The molecule has 3 aromatic heterocycles. The molecule has 0 saturated carbocycles. The van der Waals surface area contributed by atoms with Crippen molar-refractivity contribution in [2.45, 2.75) is 31.6 Å². The van der Waals surface area contributed by atoms with Gasteiger partial charge in [0.05, 0.1) is 0 Å². The van der Waals surface area contributed by atoms with Gasteiger partial charge in [0.25, 0.3) is 0 Å². The molecular formula is C19H23N7. The first kappa shape index (κ1) is 15.5. The van der Waals surface area contributed by atoms with Gasteiger partial charge < -0.3 is 9.80 Å². The third kappa shape index (κ3) is 2.77. The number of aromatic nitrogens is 5. The Hall–Kier alpha value is -2.70. The zero-order chi connectivity index (χ0) is 17.3. The van der Waals surface area contributed by atoms with Crippen LogP contribution in [-0.4, -0.2) is 50.7 Å². The van der Waals surface area contributed by atoms with Gasteiger partial charge in [0.2, 0.25) is 5.95 Å². The molecule has 0 radical (unpaired) electrons. The first-order chi connectivity index (χ1) is 12.9. The Kier molecular flexibility index (Phi) is 3.92. The van der Waals surface area contributed by atoms with Crippen LogP contribution in [0.1, 0.15) is 37.4 Å². The van der Waals surface area contributed by atoms with E-state index in [9.17, 15) is 0 Å². The lowest BCUT2D eigenvalue weighted by molar-refractivity contribution is 0.477. The summed E-state index contributed by atoms with van der Waals surface area (Å²) in [6.45, 7) is 4.13. The zero-order valence-corrected chi connectivity index (χ0v) is 14.8. The second-order valence-electron chi connectivity index (χ2n) is 7.16. The highest BCUT2D eigenvalue weighted by molar-refractivity contribution is 5.45. The second kappa shape index (κ2) is 6.55. The lowest BCUT2D eigenvalue weighted by Crippen LogP contribution is -2.35. The molecule has 0 spiro atoms. The van der Waals surface area contributed by atoms with E-state index in [0.717, 1.165) is 62.3 Å². The number of piperidine rings is 1. The van der Waals surface area contributed by atoms with E-state index in [0.29, 0.717) is 5.92 Å². The van der Waals surface area contributed by atoms with Crippen molar-refractivity contribution in [2.24, 2.45) is 0 Å². The summed E-state index contributed by atoms with van der Waals surface area (Å²) in [5.74, 6) is 3.44. The molecule has 0 amide bonds. The van der Waals surface area contributed by atoms with Gasteiger partial charge in [-0.2, -0.15) is 4.98 Å². The summed E-state index contributed by atoms with van der Waals surface area (Å²) in [6, 6.07) is 8.07. The van der Waals surface area contributed by atoms with Gasteiger partial charge in [-0.1, -0.05) is 6.07 Å². The van der Waals surface area contributed by atoms with E-state index in [2.05, 4.69) is 35.6 Å². The number of hydrogen-bond donors (Lipinski definition) is 0. The van der Waals surface area contributed by atoms with Crippen LogP contribution in [0.4, 0.5) is 11.8 Å². The fourth-order valence-corrected chi connectivity index (χ4v) is 4.09. The summed E-state index contributed by atoms with van der Waals surface area (Å²) in [4.78, 5) is 14.0. The fourth-order valence-electron chi connectivity index (χ4n) is 4.09. The quantitative estimate of drug-likeness (QED) is 0.724. The highest BCUT2D eigenvalue weighted by Gasteiger charge is 2.26. The number of rotatable bonds is 3. The first-order valence-corrected chi connectivity index (χ1v) is 9.51. The van der Waals surface area contributed by atoms with E-state index in [-0.39, 0.29) is 0 Å². The zero-order valence-electron chi connectivity index (χ0n) is 14.8. The SMILES string of the molecule is c1ccn2c(C3CCN(c4nccc(N5CCCC5)n4)CC3)nnc2c1. The predicted molar refractivity (Wildman–Crippen MR) is 101 cm³/mol. The van der Waals surface area contributed by atoms with Crippen molar-refractivity contribution in [3.05, 3.63) is 42.5 Å². The third-order valence-corrected chi connectivity index (χ3v) is 5.54. The maximum Gasteiger partial charge on any atom is 0.227 e. The van der Waals surface area contributed by atoms with Crippen molar-refractivity contribution in [3.63, 3.8) is 0 Å². The Morgan fingerprint density at radius 3 is 2.58 bits per heavy atom. The van der Waals surface area contributed by atoms with Crippen molar-refractivity contribution in [1.29, 1.82) is 0 Å². The van der Waals surface area contributed by atoms with Gasteiger partial charge in [0.15, 0.2) is 5.65 Å². The summed E-state index contributed by atoms with van der Waals surface area (Å²) in [5, 5.41) is 8.74. The molecule has 7 nitrogen and oxygen atoms in total. The van der Waals surface area contributed by atoms with Crippen molar-refractivity contribution in [2.75, 3.05) is 36.0 Å². The van der Waals surface area contributed by atoms with Gasteiger partial charge in [-0.05, 0) is 43.9 Å². The summed E-state index contributed by atoms with van der Waals surface area (Å²) in [7, 11) is 0. The predicted octanol–water partition coefficient (Wildman–Crippen LogP) is 2.50. The number of nitrogens with zero attached hydrogens (tertiary/aromatic N) is 7. The van der Waals surface area contributed by atoms with E-state index < -0.39 is 0 Å². The molecule has 5 heterocycles. The Balaban J connectivity index is 1.30. The number of anilines is 2. The Morgan fingerprint density at radius 1 is 0.885 bits per heavy atom. The van der Waals surface area contributed by atoms with Crippen LogP contribution >= 0.6 is 0 Å². The fraction of sp³-hybridized carbons (Fsp3) is 0.474. The molecule has 0 unspecified atom stereocenters. The molecule has 0 aromatic carbocycles. The summed E-state index contributed by atoms with van der Waals surface area (Å²) in [5.41, 5.74) is 0.923. The van der Waals surface area contributed by atoms with Crippen LogP contribution < -0.4 is 9.80 Å². The van der Waals surface area contributed by atoms with E-state index in [4.69, 9.17) is 4.98 Å². The third-order valence-electron chi connectivity index (χ3n) is 5.54. The van der Waals surface area contributed by atoms with Crippen molar-refractivity contribution >= 4 is 17.4 Å². The standard InChI is InChI=1S/C19H23N7/c1-2-12-26-17(5-1)22-23-18(26)15-7-13-25(14-8-15)19-20-9-6-16(21-19)24-10-3-4-11-24/h1-2,5-6,9,12,15H,3-4,7-8,10-11,13-14H2. The van der Waals surface area contributed by atoms with Crippen LogP contribution in [0.15, 0.2) is 36.7 Å². The minimum Gasteiger partial charge on any atom is -0.356 e. The van der Waals surface area contributed by atoms with Gasteiger partial charge in [0.1, 0.15) is 11.6 Å². The van der Waals surface area contributed by atoms with Crippen molar-refractivity contribution in [1.82, 2.24) is 24.6 Å². The minimum absolute atomic E-state index is 0.436. The Morgan fingerprint density at radius 2 is 1.73 bits per heavy atom. The van der Waals surface area contributed by atoms with Gasteiger partial charge in [-0.15, -0.1) is 10.2 Å². The largest absolute Gasteiger partial charge is 0.356 e. The van der Waals surface area contributed by atoms with Gasteiger partial charge in [-0.3, -0.25) is 4.40 Å². The van der Waals surface area contributed by atoms with Crippen molar-refractivity contribution in [3.8, 4) is 0 Å². The van der Waals surface area contributed by atoms with E-state index in [1.165, 1.54) is 12.8 Å². The van der Waals surface area contributed by atoms with E-state index in [1.807, 2.05) is 30.5 Å². The van der Waals surface area contributed by atoms with Crippen LogP contribution in [0.25, 0.3) is 5.65 Å². The molecule has 2 fully saturated rings. The van der Waals surface area contributed by atoms with E-state index >= 15 is 0 Å². The molecule has 0 atom stereocenters. The van der Waals surface area contributed by atoms with Crippen LogP contribution in [0.2, 0.25) is 0 Å². The summed E-state index contributed by atoms with van der Waals surface area (Å²) >= 11 is 0. The number of pyridine rings is 1. The molecule has 0 aliphatic carbocycles. The molecule has 0 bridgehead atoms. The molecule has 134 valence electrons. The van der Waals surface area contributed by atoms with E-state index in [1.54, 1.807) is 0 Å². The molecule has 26 heavy (non-hydrogen) atoms. The van der Waals surface area contributed by atoms with Crippen LogP contribution in [0, 0.1) is 0 Å². The molecule has 5 rings (SSSR count). The van der Waals surface area contributed by atoms with Crippen LogP contribution in [-0.2, 0) is 0 Å². The second-order valence-corrected chi connectivity index (χ2v) is 7.16. The molecule has 2 aliphatic heterocycles. The summed E-state index contributed by atoms with van der Waals surface area (Å²) < 4.78 is 2.12.